The Bertz CT molecular complexity index is 916. The van der Waals surface area contributed by atoms with Gasteiger partial charge in [-0.1, -0.05) is 18.2 Å². The molecule has 1 saturated carbocycles. The van der Waals surface area contributed by atoms with E-state index in [2.05, 4.69) is 17.4 Å². The quantitative estimate of drug-likeness (QED) is 0.851. The van der Waals surface area contributed by atoms with Gasteiger partial charge in [-0.15, -0.1) is 0 Å². The van der Waals surface area contributed by atoms with Gasteiger partial charge in [0.2, 0.25) is 11.8 Å². The lowest BCUT2D eigenvalue weighted by Gasteiger charge is -2.32. The summed E-state index contributed by atoms with van der Waals surface area (Å²) in [6.07, 6.45) is 7.00. The first-order chi connectivity index (χ1) is 14.2. The SMILES string of the molecule is O=C(NCc1nn(-c2ccccc2)c2c1CCC2)C1CCCN(C(=O)C2CC2)C1. The molecule has 1 aromatic heterocycles. The van der Waals surface area contributed by atoms with E-state index in [1.165, 1.54) is 11.3 Å². The molecule has 1 aromatic carbocycles. The predicted molar refractivity (Wildman–Crippen MR) is 109 cm³/mol. The van der Waals surface area contributed by atoms with E-state index in [0.29, 0.717) is 13.1 Å². The van der Waals surface area contributed by atoms with Gasteiger partial charge in [-0.2, -0.15) is 5.10 Å². The Morgan fingerprint density at radius 1 is 1.03 bits per heavy atom. The van der Waals surface area contributed by atoms with E-state index >= 15 is 0 Å². The van der Waals surface area contributed by atoms with Crippen LogP contribution in [0.4, 0.5) is 0 Å². The van der Waals surface area contributed by atoms with Crippen molar-refractivity contribution < 1.29 is 9.59 Å². The molecule has 3 aliphatic rings. The average Bonchev–Trinajstić information content (AvgIpc) is 3.40. The molecule has 2 aliphatic carbocycles. The highest BCUT2D eigenvalue weighted by atomic mass is 16.2. The lowest BCUT2D eigenvalue weighted by atomic mass is 9.96. The van der Waals surface area contributed by atoms with Crippen LogP contribution in [0.15, 0.2) is 30.3 Å². The standard InChI is InChI=1S/C23H28N4O2/c28-22(17-6-5-13-26(15-17)23(29)16-11-12-16)24-14-20-19-9-4-10-21(19)27(25-20)18-7-2-1-3-8-18/h1-3,7-8,16-17H,4-6,9-15H2,(H,24,28). The maximum absolute atomic E-state index is 12.8. The number of benzene rings is 1. The second-order valence-corrected chi connectivity index (χ2v) is 8.59. The van der Waals surface area contributed by atoms with Crippen LogP contribution in [0.2, 0.25) is 0 Å². The van der Waals surface area contributed by atoms with E-state index in [1.54, 1.807) is 0 Å². The molecule has 1 N–H and O–H groups in total. The van der Waals surface area contributed by atoms with Crippen molar-refractivity contribution in [2.24, 2.45) is 11.8 Å². The Hall–Kier alpha value is -2.63. The zero-order valence-corrected chi connectivity index (χ0v) is 16.8. The second kappa shape index (κ2) is 7.65. The number of hydrogen-bond acceptors (Lipinski definition) is 3. The fourth-order valence-corrected chi connectivity index (χ4v) is 4.73. The summed E-state index contributed by atoms with van der Waals surface area (Å²) < 4.78 is 2.04. The first-order valence-electron chi connectivity index (χ1n) is 10.9. The predicted octanol–water partition coefficient (Wildman–Crippen LogP) is 2.63. The molecule has 1 unspecified atom stereocenters. The molecule has 6 nitrogen and oxygen atoms in total. The van der Waals surface area contributed by atoms with Crippen molar-refractivity contribution in [3.8, 4) is 5.69 Å². The monoisotopic (exact) mass is 392 g/mol. The van der Waals surface area contributed by atoms with Gasteiger partial charge >= 0.3 is 0 Å². The molecule has 1 atom stereocenters. The van der Waals surface area contributed by atoms with Crippen LogP contribution in [0.5, 0.6) is 0 Å². The Morgan fingerprint density at radius 3 is 2.66 bits per heavy atom. The molecular formula is C23H28N4O2. The molecule has 1 saturated heterocycles. The topological polar surface area (TPSA) is 67.2 Å². The zero-order valence-electron chi connectivity index (χ0n) is 16.8. The molecule has 152 valence electrons. The summed E-state index contributed by atoms with van der Waals surface area (Å²) in [5.41, 5.74) is 4.63. The van der Waals surface area contributed by atoms with E-state index in [1.807, 2.05) is 27.8 Å². The molecule has 1 aliphatic heterocycles. The average molecular weight is 393 g/mol. The summed E-state index contributed by atoms with van der Waals surface area (Å²) in [5.74, 6) is 0.429. The van der Waals surface area contributed by atoms with E-state index in [4.69, 9.17) is 5.10 Å². The number of aromatic nitrogens is 2. The Labute approximate surface area is 171 Å². The number of hydrogen-bond donors (Lipinski definition) is 1. The van der Waals surface area contributed by atoms with Crippen LogP contribution in [-0.4, -0.2) is 39.6 Å². The van der Waals surface area contributed by atoms with Gasteiger partial charge in [-0.05, 0) is 62.6 Å². The van der Waals surface area contributed by atoms with Crippen molar-refractivity contribution in [1.29, 1.82) is 0 Å². The minimum atomic E-state index is -0.101. The van der Waals surface area contributed by atoms with Gasteiger partial charge in [0.05, 0.1) is 23.8 Å². The number of nitrogens with zero attached hydrogens (tertiary/aromatic N) is 3. The smallest absolute Gasteiger partial charge is 0.225 e. The molecule has 2 fully saturated rings. The van der Waals surface area contributed by atoms with Gasteiger partial charge in [0.15, 0.2) is 0 Å². The molecular weight excluding hydrogens is 364 g/mol. The summed E-state index contributed by atoms with van der Waals surface area (Å²) in [7, 11) is 0. The molecule has 2 aromatic rings. The van der Waals surface area contributed by atoms with Crippen molar-refractivity contribution in [2.45, 2.75) is 51.5 Å². The maximum Gasteiger partial charge on any atom is 0.225 e. The van der Waals surface area contributed by atoms with Gasteiger partial charge in [-0.25, -0.2) is 4.68 Å². The number of piperidine rings is 1. The number of rotatable bonds is 5. The first-order valence-corrected chi connectivity index (χ1v) is 10.9. The summed E-state index contributed by atoms with van der Waals surface area (Å²) in [6.45, 7) is 1.83. The highest BCUT2D eigenvalue weighted by molar-refractivity contribution is 5.83. The van der Waals surface area contributed by atoms with Gasteiger partial charge in [0, 0.05) is 24.7 Å². The molecule has 2 amide bonds. The summed E-state index contributed by atoms with van der Waals surface area (Å²) in [5, 5.41) is 7.95. The highest BCUT2D eigenvalue weighted by Gasteiger charge is 2.36. The minimum absolute atomic E-state index is 0.0549. The lowest BCUT2D eigenvalue weighted by molar-refractivity contribution is -0.136. The minimum Gasteiger partial charge on any atom is -0.350 e. The summed E-state index contributed by atoms with van der Waals surface area (Å²) in [6, 6.07) is 10.2. The van der Waals surface area contributed by atoms with Crippen LogP contribution in [0.1, 0.15) is 49.1 Å². The van der Waals surface area contributed by atoms with E-state index in [-0.39, 0.29) is 23.7 Å². The van der Waals surface area contributed by atoms with Crippen molar-refractivity contribution >= 4 is 11.8 Å². The largest absolute Gasteiger partial charge is 0.350 e. The van der Waals surface area contributed by atoms with Gasteiger partial charge in [-0.3, -0.25) is 9.59 Å². The first kappa shape index (κ1) is 18.4. The van der Waals surface area contributed by atoms with Crippen LogP contribution in [0, 0.1) is 11.8 Å². The van der Waals surface area contributed by atoms with Crippen molar-refractivity contribution in [2.75, 3.05) is 13.1 Å². The molecule has 2 heterocycles. The number of likely N-dealkylation sites (tertiary alicyclic amines) is 1. The Kier molecular flexibility index (Phi) is 4.86. The van der Waals surface area contributed by atoms with Crippen LogP contribution < -0.4 is 5.32 Å². The van der Waals surface area contributed by atoms with Crippen LogP contribution in [-0.2, 0) is 29.0 Å². The van der Waals surface area contributed by atoms with Crippen LogP contribution >= 0.6 is 0 Å². The van der Waals surface area contributed by atoms with Crippen molar-refractivity contribution in [3.63, 3.8) is 0 Å². The Morgan fingerprint density at radius 2 is 1.86 bits per heavy atom. The van der Waals surface area contributed by atoms with Gasteiger partial charge in [0.1, 0.15) is 0 Å². The summed E-state index contributed by atoms with van der Waals surface area (Å²) in [4.78, 5) is 27.1. The van der Waals surface area contributed by atoms with Gasteiger partial charge < -0.3 is 10.2 Å². The number of para-hydroxylation sites is 1. The third kappa shape index (κ3) is 3.68. The fourth-order valence-electron chi connectivity index (χ4n) is 4.73. The second-order valence-electron chi connectivity index (χ2n) is 8.59. The van der Waals surface area contributed by atoms with E-state index < -0.39 is 0 Å². The van der Waals surface area contributed by atoms with Crippen LogP contribution in [0.3, 0.4) is 0 Å². The molecule has 5 rings (SSSR count). The van der Waals surface area contributed by atoms with Gasteiger partial charge in [0.25, 0.3) is 0 Å². The van der Waals surface area contributed by atoms with E-state index in [0.717, 1.165) is 62.9 Å². The molecule has 0 radical (unpaired) electrons. The highest BCUT2D eigenvalue weighted by Crippen LogP contribution is 2.32. The third-order valence-corrected chi connectivity index (χ3v) is 6.47. The van der Waals surface area contributed by atoms with E-state index in [9.17, 15) is 9.59 Å². The number of fused-ring (bicyclic) bond motifs is 1. The molecule has 29 heavy (non-hydrogen) atoms. The third-order valence-electron chi connectivity index (χ3n) is 6.47. The number of carbonyl (C=O) groups is 2. The number of carbonyl (C=O) groups excluding carboxylic acids is 2. The molecule has 0 spiro atoms. The normalized spacial score (nSPS) is 21.1. The number of nitrogens with one attached hydrogen (secondary N) is 1. The molecule has 0 bridgehead atoms. The zero-order chi connectivity index (χ0) is 19.8. The lowest BCUT2D eigenvalue weighted by Crippen LogP contribution is -2.45. The maximum atomic E-state index is 12.8. The Balaban J connectivity index is 1.25. The number of amides is 2. The fraction of sp³-hybridized carbons (Fsp3) is 0.522. The summed E-state index contributed by atoms with van der Waals surface area (Å²) >= 11 is 0. The van der Waals surface area contributed by atoms with Crippen molar-refractivity contribution in [1.82, 2.24) is 20.0 Å². The van der Waals surface area contributed by atoms with Crippen LogP contribution in [0.25, 0.3) is 5.69 Å². The van der Waals surface area contributed by atoms with Crippen molar-refractivity contribution in [3.05, 3.63) is 47.3 Å². The molecule has 6 heteroatoms.